The lowest BCUT2D eigenvalue weighted by molar-refractivity contribution is 0.0343. The first-order valence-electron chi connectivity index (χ1n) is 21.0. The number of hydrogen-bond donors (Lipinski definition) is 2. The molecule has 9 nitrogen and oxygen atoms in total. The number of aryl methyl sites for hydroxylation is 3. The molecule has 0 amide bonds. The topological polar surface area (TPSA) is 127 Å². The van der Waals surface area contributed by atoms with Gasteiger partial charge in [-0.3, -0.25) is 14.4 Å². The molecule has 0 aliphatic heterocycles. The molecule has 0 bridgehead atoms. The van der Waals surface area contributed by atoms with Crippen LogP contribution in [0.3, 0.4) is 0 Å². The maximum Gasteiger partial charge on any atom is 0.200 e. The van der Waals surface area contributed by atoms with Gasteiger partial charge in [-0.2, -0.15) is 0 Å². The molecule has 1 aliphatic carbocycles. The molecule has 66 heavy (non-hydrogen) atoms. The van der Waals surface area contributed by atoms with Crippen molar-refractivity contribution < 1.29 is 51.7 Å². The van der Waals surface area contributed by atoms with E-state index < -0.39 is 17.7 Å². The number of hydrogen-bond acceptors (Lipinski definition) is 9. The lowest BCUT2D eigenvalue weighted by Crippen LogP contribution is -2.25. The molecule has 3 N–H and O–H groups in total. The molecular weight excluding hydrogens is 848 g/mol. The molecule has 1 aliphatic rings. The zero-order valence-electron chi connectivity index (χ0n) is 36.8. The van der Waals surface area contributed by atoms with Gasteiger partial charge in [0.05, 0.1) is 19.8 Å². The third-order valence-electron chi connectivity index (χ3n) is 10.4. The van der Waals surface area contributed by atoms with Gasteiger partial charge in [-0.05, 0) is 55.7 Å². The SMILES string of the molecule is Cc1ccc(COc2ccc(CO)c(F)c2)cc1.Cc1ccc(COc2ccc(COC3C(=O)c4ccccc4C3=O)c(F)c2)cc1.Cc1ccc(COc2ccc(CON)c(F)c2)cc1. The molecule has 7 aromatic rings. The number of benzene rings is 7. The largest absolute Gasteiger partial charge is 0.489 e. The van der Waals surface area contributed by atoms with Gasteiger partial charge in [0.2, 0.25) is 0 Å². The van der Waals surface area contributed by atoms with E-state index in [4.69, 9.17) is 30.0 Å². The minimum Gasteiger partial charge on any atom is -0.489 e. The Hall–Kier alpha value is -7.09. The molecule has 0 unspecified atom stereocenters. The number of carbonyl (C=O) groups excluding carboxylic acids is 2. The monoisotopic (exact) mass is 897 g/mol. The van der Waals surface area contributed by atoms with Gasteiger partial charge in [-0.15, -0.1) is 0 Å². The summed E-state index contributed by atoms with van der Waals surface area (Å²) in [7, 11) is 0. The number of ether oxygens (including phenoxy) is 4. The van der Waals surface area contributed by atoms with Gasteiger partial charge in [-0.25, -0.2) is 19.1 Å². The molecule has 7 aromatic carbocycles. The van der Waals surface area contributed by atoms with Crippen LogP contribution >= 0.6 is 0 Å². The number of aliphatic hydroxyl groups is 1. The van der Waals surface area contributed by atoms with Gasteiger partial charge in [0.25, 0.3) is 0 Å². The van der Waals surface area contributed by atoms with Crippen molar-refractivity contribution in [2.24, 2.45) is 5.90 Å². The zero-order valence-corrected chi connectivity index (χ0v) is 36.8. The Balaban J connectivity index is 0.000000171. The first-order chi connectivity index (χ1) is 31.9. The number of Topliss-reactive ketones (excluding diaryl/α,β-unsaturated/α-hetero) is 2. The van der Waals surface area contributed by atoms with Crippen molar-refractivity contribution >= 4 is 11.6 Å². The van der Waals surface area contributed by atoms with E-state index in [0.717, 1.165) is 22.3 Å². The van der Waals surface area contributed by atoms with E-state index in [9.17, 15) is 22.8 Å². The van der Waals surface area contributed by atoms with Gasteiger partial charge < -0.3 is 24.1 Å². The number of carbonyl (C=O) groups is 2. The number of aliphatic hydroxyl groups excluding tert-OH is 1. The first kappa shape index (κ1) is 48.4. The predicted octanol–water partition coefficient (Wildman–Crippen LogP) is 11.0. The van der Waals surface area contributed by atoms with Crippen LogP contribution in [0.25, 0.3) is 0 Å². The Labute approximate surface area is 382 Å². The van der Waals surface area contributed by atoms with Crippen LogP contribution in [-0.4, -0.2) is 22.8 Å². The molecule has 8 rings (SSSR count). The van der Waals surface area contributed by atoms with Crippen molar-refractivity contribution in [3.05, 3.63) is 230 Å². The van der Waals surface area contributed by atoms with E-state index in [0.29, 0.717) is 53.8 Å². The summed E-state index contributed by atoms with van der Waals surface area (Å²) in [6.45, 7) is 6.76. The number of ketones is 2. The fourth-order valence-electron chi connectivity index (χ4n) is 6.50. The fraction of sp³-hybridized carbons (Fsp3) is 0.185. The average molecular weight is 898 g/mol. The molecule has 0 saturated heterocycles. The Morgan fingerprint density at radius 2 is 0.818 bits per heavy atom. The lowest BCUT2D eigenvalue weighted by Gasteiger charge is -2.11. The van der Waals surface area contributed by atoms with Gasteiger partial charge in [0.1, 0.15) is 54.5 Å². The molecule has 0 radical (unpaired) electrons. The summed E-state index contributed by atoms with van der Waals surface area (Å²) in [5.74, 6) is 4.15. The van der Waals surface area contributed by atoms with E-state index in [2.05, 4.69) is 4.84 Å². The fourth-order valence-corrected chi connectivity index (χ4v) is 6.50. The third-order valence-corrected chi connectivity index (χ3v) is 10.4. The van der Waals surface area contributed by atoms with Crippen molar-refractivity contribution in [1.29, 1.82) is 0 Å². The van der Waals surface area contributed by atoms with E-state index in [-0.39, 0.29) is 48.3 Å². The third kappa shape index (κ3) is 13.7. The van der Waals surface area contributed by atoms with Crippen LogP contribution in [0.4, 0.5) is 13.2 Å². The van der Waals surface area contributed by atoms with Gasteiger partial charge >= 0.3 is 0 Å². The number of rotatable bonds is 15. The highest BCUT2D eigenvalue weighted by Crippen LogP contribution is 2.26. The minimum atomic E-state index is -1.22. The summed E-state index contributed by atoms with van der Waals surface area (Å²) in [5.41, 5.74) is 8.25. The van der Waals surface area contributed by atoms with E-state index >= 15 is 0 Å². The predicted molar refractivity (Wildman–Crippen MR) is 244 cm³/mol. The Kier molecular flexibility index (Phi) is 17.4. The summed E-state index contributed by atoms with van der Waals surface area (Å²) < 4.78 is 63.6. The van der Waals surface area contributed by atoms with Crippen LogP contribution in [0.1, 0.15) is 70.8 Å². The quantitative estimate of drug-likeness (QED) is 0.0764. The Bertz CT molecular complexity index is 2670. The Morgan fingerprint density at radius 3 is 1.15 bits per heavy atom. The summed E-state index contributed by atoms with van der Waals surface area (Å²) in [5, 5.41) is 8.86. The minimum absolute atomic E-state index is 0.0457. The summed E-state index contributed by atoms with van der Waals surface area (Å²) in [6, 6.07) is 44.0. The van der Waals surface area contributed by atoms with Crippen LogP contribution in [-0.2, 0) is 49.2 Å². The van der Waals surface area contributed by atoms with E-state index in [1.807, 2.05) is 93.6 Å². The zero-order chi connectivity index (χ0) is 47.0. The number of nitrogens with two attached hydrogens (primary N) is 1. The number of fused-ring (bicyclic) bond motifs is 1. The lowest BCUT2D eigenvalue weighted by atomic mass is 10.1. The molecule has 12 heteroatoms. The summed E-state index contributed by atoms with van der Waals surface area (Å²) in [6.07, 6.45) is -1.22. The second-order valence-corrected chi connectivity index (χ2v) is 15.5. The first-order valence-corrected chi connectivity index (χ1v) is 21.0. The second-order valence-electron chi connectivity index (χ2n) is 15.5. The molecule has 0 heterocycles. The van der Waals surface area contributed by atoms with Gasteiger partial charge in [0.15, 0.2) is 17.7 Å². The highest BCUT2D eigenvalue weighted by Gasteiger charge is 2.39. The van der Waals surface area contributed by atoms with Gasteiger partial charge in [-0.1, -0.05) is 132 Å². The molecule has 0 spiro atoms. The highest BCUT2D eigenvalue weighted by atomic mass is 19.1. The average Bonchev–Trinajstić information content (AvgIpc) is 3.57. The summed E-state index contributed by atoms with van der Waals surface area (Å²) >= 11 is 0. The van der Waals surface area contributed by atoms with Crippen molar-refractivity contribution in [1.82, 2.24) is 0 Å². The van der Waals surface area contributed by atoms with Crippen LogP contribution in [0.15, 0.2) is 152 Å². The van der Waals surface area contributed by atoms with Crippen molar-refractivity contribution in [2.45, 2.75) is 66.5 Å². The maximum atomic E-state index is 14.4. The van der Waals surface area contributed by atoms with Gasteiger partial charge in [0, 0.05) is 46.0 Å². The van der Waals surface area contributed by atoms with Crippen LogP contribution in [0.5, 0.6) is 17.2 Å². The number of halogens is 3. The molecular formula is C54H50F3NO8. The van der Waals surface area contributed by atoms with Crippen LogP contribution < -0.4 is 20.1 Å². The van der Waals surface area contributed by atoms with Crippen LogP contribution in [0, 0.1) is 38.2 Å². The van der Waals surface area contributed by atoms with E-state index in [1.54, 1.807) is 48.5 Å². The smallest absolute Gasteiger partial charge is 0.200 e. The normalized spacial score (nSPS) is 11.8. The summed E-state index contributed by atoms with van der Waals surface area (Å²) in [4.78, 5) is 29.1. The molecule has 0 aromatic heterocycles. The molecule has 0 atom stereocenters. The molecule has 340 valence electrons. The standard InChI is InChI=1S/C24H19FO4.C15H16FNO2.C15H15FO2/c1-15-6-8-16(9-7-15)13-28-18-11-10-17(21(25)12-18)14-29-24-22(26)19-4-2-3-5-20(19)23(24)27;1-11-2-4-12(5-3-11)9-18-14-7-6-13(10-19-17)15(16)8-14;1-11-2-4-12(5-3-11)10-18-14-7-6-13(9-17)15(16)8-14/h2-12,24H,13-14H2,1H3;2-8H,9-10,17H2,1H3;2-8,17H,9-10H2,1H3. The van der Waals surface area contributed by atoms with Crippen molar-refractivity contribution in [2.75, 3.05) is 0 Å². The van der Waals surface area contributed by atoms with Crippen molar-refractivity contribution in [3.63, 3.8) is 0 Å². The maximum absolute atomic E-state index is 14.4. The Morgan fingerprint density at radius 1 is 0.470 bits per heavy atom. The van der Waals surface area contributed by atoms with E-state index in [1.165, 1.54) is 41.5 Å². The molecule has 0 saturated carbocycles. The van der Waals surface area contributed by atoms with Crippen molar-refractivity contribution in [3.8, 4) is 17.2 Å². The highest BCUT2D eigenvalue weighted by molar-refractivity contribution is 6.28. The molecule has 0 fully saturated rings. The second kappa shape index (κ2) is 23.7. The van der Waals surface area contributed by atoms with Crippen LogP contribution in [0.2, 0.25) is 0 Å².